The van der Waals surface area contributed by atoms with Crippen LogP contribution in [0.2, 0.25) is 0 Å². The van der Waals surface area contributed by atoms with Crippen molar-refractivity contribution in [3.8, 4) is 17.2 Å². The number of carboxylic acid groups (broad SMARTS) is 1. The zero-order valence-corrected chi connectivity index (χ0v) is 27.7. The molecular weight excluding hydrogens is 646 g/mol. The Hall–Kier alpha value is -3.96. The van der Waals surface area contributed by atoms with Crippen molar-refractivity contribution in [3.63, 3.8) is 0 Å². The standard InChI is InChI=1S/C34H41NO14/c1-13(36)9-22(47-15(3)33(42)43)49-32-14(2)46-23(10-19(32)35)48-21-12-34(44,16(4)37)11-18-25(21)31(41)27-26(29(18)39)28(38)17-7-6-8-20(45-5)24(17)30(27)40/h6-8,13-15,19,21-23,32,36,39,41,44H,9-12,35H2,1-5H3,(H,42,43)/t13?,14-,15?,19-,21?,22?,23-,32+,34+/m0/s1. The van der Waals surface area contributed by atoms with Gasteiger partial charge in [0.2, 0.25) is 5.78 Å². The number of methoxy groups -OCH3 is 1. The van der Waals surface area contributed by atoms with Gasteiger partial charge in [-0.15, -0.1) is 0 Å². The molecule has 5 rings (SSSR count). The lowest BCUT2D eigenvalue weighted by Gasteiger charge is -2.43. The number of ether oxygens (including phenoxy) is 5. The van der Waals surface area contributed by atoms with Crippen molar-refractivity contribution in [3.05, 3.63) is 51.6 Å². The summed E-state index contributed by atoms with van der Waals surface area (Å²) < 4.78 is 29.1. The minimum Gasteiger partial charge on any atom is -0.507 e. The molecule has 4 unspecified atom stereocenters. The average molecular weight is 688 g/mol. The molecule has 2 aromatic carbocycles. The molecular formula is C34H41NO14. The topological polar surface area (TPSA) is 242 Å². The summed E-state index contributed by atoms with van der Waals surface area (Å²) in [6.45, 7) is 5.58. The van der Waals surface area contributed by atoms with E-state index < -0.39 is 114 Å². The van der Waals surface area contributed by atoms with Crippen LogP contribution < -0.4 is 10.5 Å². The number of aromatic hydroxyl groups is 2. The van der Waals surface area contributed by atoms with Crippen LogP contribution in [0.25, 0.3) is 0 Å². The van der Waals surface area contributed by atoms with Crippen molar-refractivity contribution >= 4 is 23.3 Å². The first kappa shape index (κ1) is 36.3. The van der Waals surface area contributed by atoms with Gasteiger partial charge in [-0.3, -0.25) is 14.4 Å². The zero-order chi connectivity index (χ0) is 36.1. The smallest absolute Gasteiger partial charge is 0.332 e. The van der Waals surface area contributed by atoms with E-state index in [1.54, 1.807) is 6.92 Å². The van der Waals surface area contributed by atoms with E-state index in [1.165, 1.54) is 39.2 Å². The Bertz CT molecular complexity index is 1660. The lowest BCUT2D eigenvalue weighted by atomic mass is 9.72. The molecule has 0 aromatic heterocycles. The van der Waals surface area contributed by atoms with E-state index in [9.17, 15) is 44.7 Å². The quantitative estimate of drug-likeness (QED) is 0.124. The lowest BCUT2D eigenvalue weighted by molar-refractivity contribution is -0.283. The second-order valence-electron chi connectivity index (χ2n) is 12.9. The van der Waals surface area contributed by atoms with E-state index in [4.69, 9.17) is 29.4 Å². The van der Waals surface area contributed by atoms with Gasteiger partial charge in [-0.1, -0.05) is 12.1 Å². The number of benzene rings is 2. The van der Waals surface area contributed by atoms with Gasteiger partial charge in [-0.25, -0.2) is 4.79 Å². The third kappa shape index (κ3) is 6.67. The molecule has 7 N–H and O–H groups in total. The number of phenolic OH excluding ortho intramolecular Hbond substituents is 2. The number of nitrogens with two attached hydrogens (primary N) is 1. The minimum atomic E-state index is -2.08. The third-order valence-corrected chi connectivity index (χ3v) is 9.31. The van der Waals surface area contributed by atoms with Crippen LogP contribution in [0.5, 0.6) is 17.2 Å². The number of aliphatic hydroxyl groups is 2. The molecule has 2 aromatic rings. The maximum Gasteiger partial charge on any atom is 0.332 e. The van der Waals surface area contributed by atoms with E-state index >= 15 is 0 Å². The normalized spacial score (nSPS) is 28.1. The summed E-state index contributed by atoms with van der Waals surface area (Å²) in [6.07, 6.45) is -8.34. The molecule has 266 valence electrons. The number of rotatable bonds is 11. The highest BCUT2D eigenvalue weighted by atomic mass is 16.7. The van der Waals surface area contributed by atoms with Crippen LogP contribution in [0.4, 0.5) is 0 Å². The van der Waals surface area contributed by atoms with Crippen molar-refractivity contribution in [2.45, 2.75) is 108 Å². The zero-order valence-electron chi connectivity index (χ0n) is 27.7. The Kier molecular flexibility index (Phi) is 10.2. The van der Waals surface area contributed by atoms with Gasteiger partial charge in [0.1, 0.15) is 29.0 Å². The first-order valence-corrected chi connectivity index (χ1v) is 15.9. The van der Waals surface area contributed by atoms with Crippen LogP contribution in [-0.4, -0.2) is 105 Å². The predicted octanol–water partition coefficient (Wildman–Crippen LogP) is 1.64. The molecule has 49 heavy (non-hydrogen) atoms. The van der Waals surface area contributed by atoms with Crippen molar-refractivity contribution in [1.82, 2.24) is 0 Å². The van der Waals surface area contributed by atoms with Crippen LogP contribution >= 0.6 is 0 Å². The lowest BCUT2D eigenvalue weighted by Crippen LogP contribution is -2.55. The predicted molar refractivity (Wildman–Crippen MR) is 167 cm³/mol. The molecule has 0 radical (unpaired) electrons. The number of fused-ring (bicyclic) bond motifs is 3. The number of Topliss-reactive ketones (excluding diaryl/α,β-unsaturated/α-hetero) is 1. The summed E-state index contributed by atoms with van der Waals surface area (Å²) in [7, 11) is 1.32. The Morgan fingerprint density at radius 1 is 1.10 bits per heavy atom. The van der Waals surface area contributed by atoms with Crippen LogP contribution in [0.15, 0.2) is 18.2 Å². The Morgan fingerprint density at radius 2 is 1.78 bits per heavy atom. The molecule has 9 atom stereocenters. The van der Waals surface area contributed by atoms with Crippen LogP contribution in [-0.2, 0) is 35.0 Å². The van der Waals surface area contributed by atoms with Gasteiger partial charge >= 0.3 is 5.97 Å². The van der Waals surface area contributed by atoms with Crippen LogP contribution in [0.1, 0.15) is 96.0 Å². The molecule has 15 nitrogen and oxygen atoms in total. The van der Waals surface area contributed by atoms with Gasteiger partial charge in [-0.05, 0) is 33.8 Å². The largest absolute Gasteiger partial charge is 0.507 e. The molecule has 0 amide bonds. The molecule has 2 aliphatic carbocycles. The SMILES string of the molecule is COc1cccc2c1C(=O)c1c(O)c3c(c(O)c1C2=O)C[C@](O)(C(C)=O)CC3O[C@H]1C[C@H](N)[C@H](OC(CC(C)O)OC(C)C(=O)O)[C@H](C)O1. The summed E-state index contributed by atoms with van der Waals surface area (Å²) in [5.74, 6) is -4.67. The molecule has 1 saturated heterocycles. The fourth-order valence-electron chi connectivity index (χ4n) is 6.74. The monoisotopic (exact) mass is 687 g/mol. The summed E-state index contributed by atoms with van der Waals surface area (Å²) in [6, 6.07) is 3.58. The number of carbonyl (C=O) groups is 4. The van der Waals surface area contributed by atoms with Crippen molar-refractivity contribution < 1.29 is 68.4 Å². The van der Waals surface area contributed by atoms with Crippen LogP contribution in [0, 0.1) is 0 Å². The van der Waals surface area contributed by atoms with E-state index in [1.807, 2.05) is 0 Å². The third-order valence-electron chi connectivity index (χ3n) is 9.31. The second kappa shape index (κ2) is 13.7. The number of aliphatic carboxylic acids is 1. The van der Waals surface area contributed by atoms with Gasteiger partial charge in [0.05, 0.1) is 42.1 Å². The molecule has 0 spiro atoms. The highest BCUT2D eigenvalue weighted by Crippen LogP contribution is 2.52. The van der Waals surface area contributed by atoms with Crippen molar-refractivity contribution in [2.75, 3.05) is 7.11 Å². The van der Waals surface area contributed by atoms with E-state index in [0.717, 1.165) is 6.92 Å². The van der Waals surface area contributed by atoms with E-state index in [-0.39, 0.29) is 40.8 Å². The molecule has 1 heterocycles. The van der Waals surface area contributed by atoms with Gasteiger partial charge < -0.3 is 55.0 Å². The Morgan fingerprint density at radius 3 is 2.37 bits per heavy atom. The summed E-state index contributed by atoms with van der Waals surface area (Å²) in [5.41, 5.74) is 3.07. The number of hydrogen-bond donors (Lipinski definition) is 6. The number of aliphatic hydroxyl groups excluding tert-OH is 1. The summed E-state index contributed by atoms with van der Waals surface area (Å²) >= 11 is 0. The highest BCUT2D eigenvalue weighted by Gasteiger charge is 2.49. The Labute approximate surface area is 281 Å². The first-order chi connectivity index (χ1) is 23.0. The fraction of sp³-hybridized carbons (Fsp3) is 0.529. The number of hydrogen-bond acceptors (Lipinski definition) is 14. The van der Waals surface area contributed by atoms with Crippen molar-refractivity contribution in [1.29, 1.82) is 0 Å². The molecule has 3 aliphatic rings. The fourth-order valence-corrected chi connectivity index (χ4v) is 6.74. The first-order valence-electron chi connectivity index (χ1n) is 15.9. The van der Waals surface area contributed by atoms with Gasteiger partial charge in [0, 0.05) is 48.4 Å². The highest BCUT2D eigenvalue weighted by molar-refractivity contribution is 6.31. The van der Waals surface area contributed by atoms with Gasteiger partial charge in [0.15, 0.2) is 30.3 Å². The van der Waals surface area contributed by atoms with Crippen molar-refractivity contribution in [2.24, 2.45) is 5.73 Å². The number of ketones is 3. The summed E-state index contributed by atoms with van der Waals surface area (Å²) in [4.78, 5) is 51.6. The number of phenols is 2. The number of carbonyl (C=O) groups excluding carboxylic acids is 3. The molecule has 15 heteroatoms. The minimum absolute atomic E-state index is 0.0328. The molecule has 1 aliphatic heterocycles. The molecule has 1 fully saturated rings. The maximum absolute atomic E-state index is 13.8. The van der Waals surface area contributed by atoms with Gasteiger partial charge in [0.25, 0.3) is 0 Å². The van der Waals surface area contributed by atoms with Gasteiger partial charge in [-0.2, -0.15) is 0 Å². The maximum atomic E-state index is 13.8. The van der Waals surface area contributed by atoms with E-state index in [0.29, 0.717) is 0 Å². The average Bonchev–Trinajstić information content (AvgIpc) is 3.02. The van der Waals surface area contributed by atoms with Crippen LogP contribution in [0.3, 0.4) is 0 Å². The van der Waals surface area contributed by atoms with E-state index in [2.05, 4.69) is 0 Å². The Balaban J connectivity index is 1.48. The number of carboxylic acids is 1. The second-order valence-corrected chi connectivity index (χ2v) is 12.9. The molecule has 0 saturated carbocycles. The molecule has 0 bridgehead atoms. The summed E-state index contributed by atoms with van der Waals surface area (Å²) in [5, 5.41) is 53.8.